The summed E-state index contributed by atoms with van der Waals surface area (Å²) in [4.78, 5) is 0. The predicted octanol–water partition coefficient (Wildman–Crippen LogP) is 1.89. The summed E-state index contributed by atoms with van der Waals surface area (Å²) in [6, 6.07) is 0. The molecule has 1 aliphatic rings. The van der Waals surface area contributed by atoms with E-state index in [-0.39, 0.29) is 0 Å². The van der Waals surface area contributed by atoms with Crippen molar-refractivity contribution in [3.05, 3.63) is 23.6 Å². The first-order valence-corrected chi connectivity index (χ1v) is 3.37. The lowest BCUT2D eigenvalue weighted by atomic mass is 9.91. The van der Waals surface area contributed by atoms with Gasteiger partial charge in [0, 0.05) is 0 Å². The second kappa shape index (κ2) is 2.41. The molecule has 2 unspecified atom stereocenters. The second-order valence-electron chi connectivity index (χ2n) is 2.95. The highest BCUT2D eigenvalue weighted by atomic mass is 19.1. The first-order chi connectivity index (χ1) is 4.94. The molecular formula is C8H10F2O. The number of hydrogen-bond acceptors (Lipinski definition) is 1. The Hall–Kier alpha value is -0.700. The van der Waals surface area contributed by atoms with Crippen molar-refractivity contribution >= 4 is 0 Å². The number of rotatable bonds is 0. The molecule has 0 aromatic rings. The minimum atomic E-state index is -1.97. The lowest BCUT2D eigenvalue weighted by Crippen LogP contribution is -2.37. The molecule has 0 saturated heterocycles. The summed E-state index contributed by atoms with van der Waals surface area (Å²) in [5.41, 5.74) is -1.47. The topological polar surface area (TPSA) is 20.2 Å². The minimum Gasteiger partial charge on any atom is -0.380 e. The number of allylic oxidation sites excluding steroid dienone is 2. The molecule has 0 saturated carbocycles. The van der Waals surface area contributed by atoms with Crippen LogP contribution in [0, 0.1) is 0 Å². The number of halogens is 2. The molecule has 0 spiro atoms. The third-order valence-corrected chi connectivity index (χ3v) is 1.78. The zero-order valence-electron chi connectivity index (χ0n) is 6.44. The first-order valence-electron chi connectivity index (χ1n) is 3.37. The molecule has 1 aliphatic carbocycles. The van der Waals surface area contributed by atoms with Crippen LogP contribution in [0.2, 0.25) is 0 Å². The zero-order chi connectivity index (χ0) is 8.65. The molecule has 0 radical (unpaired) electrons. The van der Waals surface area contributed by atoms with Gasteiger partial charge in [0.1, 0.15) is 11.4 Å². The van der Waals surface area contributed by atoms with Gasteiger partial charge in [0.05, 0.1) is 0 Å². The fraction of sp³-hybridized carbons (Fsp3) is 0.500. The van der Waals surface area contributed by atoms with E-state index < -0.39 is 17.6 Å². The van der Waals surface area contributed by atoms with E-state index in [2.05, 4.69) is 0 Å². The molecule has 0 heterocycles. The van der Waals surface area contributed by atoms with Crippen LogP contribution in [-0.2, 0) is 0 Å². The average molecular weight is 160 g/mol. The van der Waals surface area contributed by atoms with Crippen LogP contribution in [-0.4, -0.2) is 16.9 Å². The van der Waals surface area contributed by atoms with Crippen LogP contribution in [0.4, 0.5) is 8.78 Å². The number of alkyl halides is 1. The van der Waals surface area contributed by atoms with Crippen molar-refractivity contribution in [2.45, 2.75) is 25.6 Å². The van der Waals surface area contributed by atoms with Gasteiger partial charge in [-0.15, -0.1) is 0 Å². The van der Waals surface area contributed by atoms with Crippen molar-refractivity contribution in [1.29, 1.82) is 0 Å². The summed E-state index contributed by atoms with van der Waals surface area (Å²) < 4.78 is 25.6. The monoisotopic (exact) mass is 160 g/mol. The van der Waals surface area contributed by atoms with Crippen molar-refractivity contribution in [1.82, 2.24) is 0 Å². The van der Waals surface area contributed by atoms with Gasteiger partial charge in [-0.2, -0.15) is 0 Å². The zero-order valence-corrected chi connectivity index (χ0v) is 6.44. The van der Waals surface area contributed by atoms with Crippen molar-refractivity contribution in [2.75, 3.05) is 0 Å². The quantitative estimate of drug-likeness (QED) is 0.573. The Balaban J connectivity index is 3.01. The van der Waals surface area contributed by atoms with Gasteiger partial charge in [-0.3, -0.25) is 0 Å². The van der Waals surface area contributed by atoms with E-state index in [0.29, 0.717) is 5.57 Å². The molecule has 1 rings (SSSR count). The van der Waals surface area contributed by atoms with E-state index in [0.717, 1.165) is 13.0 Å². The maximum absolute atomic E-state index is 12.9. The molecule has 0 aliphatic heterocycles. The van der Waals surface area contributed by atoms with Gasteiger partial charge in [0.2, 0.25) is 0 Å². The Morgan fingerprint density at radius 1 is 1.64 bits per heavy atom. The standard InChI is InChI=1S/C8H10F2O/c1-5-3-6(9)8(2,11)7(10)4-5/h3-4,6,11H,1-2H3. The highest BCUT2D eigenvalue weighted by Gasteiger charge is 2.37. The normalized spacial score (nSPS) is 38.1. The highest BCUT2D eigenvalue weighted by Crippen LogP contribution is 2.30. The maximum atomic E-state index is 12.9. The van der Waals surface area contributed by atoms with E-state index in [1.165, 1.54) is 6.08 Å². The summed E-state index contributed by atoms with van der Waals surface area (Å²) >= 11 is 0. The molecule has 3 heteroatoms. The summed E-state index contributed by atoms with van der Waals surface area (Å²) in [6.07, 6.45) is 0.687. The van der Waals surface area contributed by atoms with E-state index in [4.69, 9.17) is 5.11 Å². The molecule has 1 N–H and O–H groups in total. The Kier molecular flexibility index (Phi) is 1.84. The summed E-state index contributed by atoms with van der Waals surface area (Å²) in [5.74, 6) is -0.815. The van der Waals surface area contributed by atoms with Crippen LogP contribution in [0.5, 0.6) is 0 Å². The smallest absolute Gasteiger partial charge is 0.154 e. The van der Waals surface area contributed by atoms with Crippen molar-refractivity contribution in [3.8, 4) is 0 Å². The van der Waals surface area contributed by atoms with Gasteiger partial charge in [-0.05, 0) is 31.6 Å². The molecule has 1 nitrogen and oxygen atoms in total. The average Bonchev–Trinajstić information content (AvgIpc) is 1.84. The molecule has 0 amide bonds. The SMILES string of the molecule is CC1=CC(F)C(C)(O)C(F)=C1. The lowest BCUT2D eigenvalue weighted by Gasteiger charge is -2.26. The summed E-state index contributed by atoms with van der Waals surface area (Å²) in [7, 11) is 0. The molecule has 0 fully saturated rings. The minimum absolute atomic E-state index is 0.501. The highest BCUT2D eigenvalue weighted by molar-refractivity contribution is 5.32. The molecule has 2 atom stereocenters. The van der Waals surface area contributed by atoms with Gasteiger partial charge in [-0.1, -0.05) is 0 Å². The van der Waals surface area contributed by atoms with Gasteiger partial charge in [-0.25, -0.2) is 8.78 Å². The first kappa shape index (κ1) is 8.40. The van der Waals surface area contributed by atoms with Crippen LogP contribution in [0.15, 0.2) is 23.6 Å². The summed E-state index contributed by atoms with van der Waals surface area (Å²) in [5, 5.41) is 9.17. The third kappa shape index (κ3) is 1.33. The Bertz CT molecular complexity index is 228. The maximum Gasteiger partial charge on any atom is 0.154 e. The molecule has 11 heavy (non-hydrogen) atoms. The van der Waals surface area contributed by atoms with E-state index in [9.17, 15) is 8.78 Å². The Morgan fingerprint density at radius 2 is 2.18 bits per heavy atom. The predicted molar refractivity (Wildman–Crippen MR) is 38.5 cm³/mol. The molecular weight excluding hydrogens is 150 g/mol. The third-order valence-electron chi connectivity index (χ3n) is 1.78. The number of hydrogen-bond donors (Lipinski definition) is 1. The fourth-order valence-corrected chi connectivity index (χ4v) is 0.919. The molecule has 0 aromatic heterocycles. The molecule has 0 bridgehead atoms. The van der Waals surface area contributed by atoms with Gasteiger partial charge < -0.3 is 5.11 Å². The molecule has 62 valence electrons. The summed E-state index contributed by atoms with van der Waals surface area (Å²) in [6.45, 7) is 2.70. The van der Waals surface area contributed by atoms with Gasteiger partial charge >= 0.3 is 0 Å². The Labute approximate surface area is 64.0 Å². The second-order valence-corrected chi connectivity index (χ2v) is 2.95. The van der Waals surface area contributed by atoms with Crippen LogP contribution in [0.3, 0.4) is 0 Å². The van der Waals surface area contributed by atoms with Crippen LogP contribution >= 0.6 is 0 Å². The lowest BCUT2D eigenvalue weighted by molar-refractivity contribution is 0.0133. The van der Waals surface area contributed by atoms with Crippen LogP contribution in [0.25, 0.3) is 0 Å². The largest absolute Gasteiger partial charge is 0.380 e. The molecule has 0 aromatic carbocycles. The van der Waals surface area contributed by atoms with Crippen molar-refractivity contribution in [2.24, 2.45) is 0 Å². The fourth-order valence-electron chi connectivity index (χ4n) is 0.919. The van der Waals surface area contributed by atoms with Gasteiger partial charge in [0.15, 0.2) is 6.17 Å². The van der Waals surface area contributed by atoms with Crippen molar-refractivity contribution < 1.29 is 13.9 Å². The van der Waals surface area contributed by atoms with Crippen LogP contribution < -0.4 is 0 Å². The van der Waals surface area contributed by atoms with Gasteiger partial charge in [0.25, 0.3) is 0 Å². The van der Waals surface area contributed by atoms with Crippen molar-refractivity contribution in [3.63, 3.8) is 0 Å². The van der Waals surface area contributed by atoms with E-state index in [1.54, 1.807) is 6.92 Å². The Morgan fingerprint density at radius 3 is 2.64 bits per heavy atom. The number of aliphatic hydroxyl groups is 1. The van der Waals surface area contributed by atoms with E-state index in [1.807, 2.05) is 0 Å². The van der Waals surface area contributed by atoms with Crippen LogP contribution in [0.1, 0.15) is 13.8 Å². The van der Waals surface area contributed by atoms with E-state index >= 15 is 0 Å².